The molecule has 0 aromatic rings. The Morgan fingerprint density at radius 2 is 1.69 bits per heavy atom. The maximum absolute atomic E-state index is 11.5. The van der Waals surface area contributed by atoms with Crippen LogP contribution in [0.1, 0.15) is 39.0 Å². The molecular weight excluding hydrogens is 242 g/mol. The minimum atomic E-state index is 0.0890. The molecule has 90 valence electrons. The molecule has 0 unspecified atom stereocenters. The van der Waals surface area contributed by atoms with Gasteiger partial charge in [-0.05, 0) is 19.8 Å². The van der Waals surface area contributed by atoms with Crippen LogP contribution in [0.5, 0.6) is 0 Å². The number of nitrogens with one attached hydrogen (secondary N) is 1. The van der Waals surface area contributed by atoms with Gasteiger partial charge in [0.1, 0.15) is 16.6 Å². The van der Waals surface area contributed by atoms with Gasteiger partial charge in [0.05, 0.1) is 4.86 Å². The zero-order chi connectivity index (χ0) is 12.6. The lowest BCUT2D eigenvalue weighted by Crippen LogP contribution is -2.25. The second-order valence-corrected chi connectivity index (χ2v) is 4.53. The molecule has 0 saturated heterocycles. The molecule has 0 saturated carbocycles. The first-order valence-electron chi connectivity index (χ1n) is 5.23. The van der Waals surface area contributed by atoms with Crippen LogP contribution >= 0.6 is 24.4 Å². The molecule has 0 rings (SSSR count). The Hall–Kier alpha value is -0.680. The van der Waals surface area contributed by atoms with Gasteiger partial charge in [0.25, 0.3) is 0 Å². The Balaban J connectivity index is 3.70. The van der Waals surface area contributed by atoms with E-state index in [0.29, 0.717) is 22.7 Å². The second-order valence-electron chi connectivity index (χ2n) is 3.63. The SMILES string of the molecule is CNC(=S)C(=S)CC(=O)CCCCC(C)=O. The van der Waals surface area contributed by atoms with Gasteiger partial charge in [-0.2, -0.15) is 0 Å². The van der Waals surface area contributed by atoms with E-state index in [1.165, 1.54) is 0 Å². The molecule has 0 aromatic carbocycles. The summed E-state index contributed by atoms with van der Waals surface area (Å²) < 4.78 is 0. The summed E-state index contributed by atoms with van der Waals surface area (Å²) in [5.74, 6) is 0.255. The summed E-state index contributed by atoms with van der Waals surface area (Å²) in [6.07, 6.45) is 2.76. The van der Waals surface area contributed by atoms with Crippen molar-refractivity contribution in [2.24, 2.45) is 0 Å². The molecule has 0 fully saturated rings. The van der Waals surface area contributed by atoms with Crippen LogP contribution in [0, 0.1) is 0 Å². The fourth-order valence-corrected chi connectivity index (χ4v) is 1.52. The molecule has 0 bridgehead atoms. The molecule has 0 amide bonds. The van der Waals surface area contributed by atoms with Gasteiger partial charge in [0.2, 0.25) is 0 Å². The van der Waals surface area contributed by atoms with Gasteiger partial charge in [-0.1, -0.05) is 24.4 Å². The minimum Gasteiger partial charge on any atom is -0.378 e. The van der Waals surface area contributed by atoms with E-state index in [-0.39, 0.29) is 18.0 Å². The highest BCUT2D eigenvalue weighted by molar-refractivity contribution is 7.89. The lowest BCUT2D eigenvalue weighted by Gasteiger charge is -2.04. The standard InChI is InChI=1S/C11H17NO2S2/c1-8(13)5-3-4-6-9(14)7-10(15)11(16)12-2/h3-7H2,1-2H3,(H,12,16). The fourth-order valence-electron chi connectivity index (χ4n) is 1.18. The molecule has 0 aliphatic carbocycles. The van der Waals surface area contributed by atoms with Crippen LogP contribution in [-0.4, -0.2) is 28.5 Å². The van der Waals surface area contributed by atoms with Crippen LogP contribution in [0.2, 0.25) is 0 Å². The first-order valence-corrected chi connectivity index (χ1v) is 6.05. The Kier molecular flexibility index (Phi) is 8.11. The maximum atomic E-state index is 11.5. The summed E-state index contributed by atoms with van der Waals surface area (Å²) in [6.45, 7) is 1.56. The Labute approximate surface area is 107 Å². The van der Waals surface area contributed by atoms with Crippen molar-refractivity contribution in [1.82, 2.24) is 5.32 Å². The number of unbranched alkanes of at least 4 members (excludes halogenated alkanes) is 1. The predicted octanol–water partition coefficient (Wildman–Crippen LogP) is 2.01. The number of carbonyl (C=O) groups excluding carboxylic acids is 2. The molecule has 0 radical (unpaired) electrons. The molecular formula is C11H17NO2S2. The van der Waals surface area contributed by atoms with Crippen molar-refractivity contribution in [3.8, 4) is 0 Å². The van der Waals surface area contributed by atoms with E-state index in [4.69, 9.17) is 24.4 Å². The molecule has 0 aliphatic rings. The Morgan fingerprint density at radius 1 is 1.12 bits per heavy atom. The average molecular weight is 259 g/mol. The first kappa shape index (κ1) is 15.3. The van der Waals surface area contributed by atoms with Gasteiger partial charge in [-0.3, -0.25) is 4.79 Å². The summed E-state index contributed by atoms with van der Waals surface area (Å²) in [4.78, 5) is 23.1. The summed E-state index contributed by atoms with van der Waals surface area (Å²) in [5, 5.41) is 2.75. The van der Waals surface area contributed by atoms with Gasteiger partial charge in [0.15, 0.2) is 0 Å². The highest BCUT2D eigenvalue weighted by Crippen LogP contribution is 2.04. The molecule has 3 nitrogen and oxygen atoms in total. The second kappa shape index (κ2) is 8.47. The largest absolute Gasteiger partial charge is 0.378 e. The number of ketones is 2. The molecule has 0 spiro atoms. The van der Waals surface area contributed by atoms with Crippen LogP contribution in [0.3, 0.4) is 0 Å². The highest BCUT2D eigenvalue weighted by Gasteiger charge is 2.09. The Morgan fingerprint density at radius 3 is 2.19 bits per heavy atom. The van der Waals surface area contributed by atoms with Crippen LogP contribution in [0.25, 0.3) is 0 Å². The third kappa shape index (κ3) is 7.59. The zero-order valence-electron chi connectivity index (χ0n) is 9.67. The van der Waals surface area contributed by atoms with Gasteiger partial charge in [-0.25, -0.2) is 0 Å². The minimum absolute atomic E-state index is 0.0890. The van der Waals surface area contributed by atoms with Gasteiger partial charge >= 0.3 is 0 Å². The zero-order valence-corrected chi connectivity index (χ0v) is 11.3. The van der Waals surface area contributed by atoms with E-state index in [1.807, 2.05) is 0 Å². The molecule has 5 heteroatoms. The first-order chi connectivity index (χ1) is 7.47. The number of hydrogen-bond donors (Lipinski definition) is 1. The van der Waals surface area contributed by atoms with E-state index < -0.39 is 0 Å². The van der Waals surface area contributed by atoms with E-state index in [9.17, 15) is 9.59 Å². The van der Waals surface area contributed by atoms with E-state index in [2.05, 4.69) is 5.32 Å². The number of hydrogen-bond acceptors (Lipinski definition) is 4. The van der Waals surface area contributed by atoms with E-state index >= 15 is 0 Å². The van der Waals surface area contributed by atoms with E-state index in [1.54, 1.807) is 14.0 Å². The number of rotatable bonds is 8. The highest BCUT2D eigenvalue weighted by atomic mass is 32.1. The monoisotopic (exact) mass is 259 g/mol. The lowest BCUT2D eigenvalue weighted by molar-refractivity contribution is -0.119. The number of carbonyl (C=O) groups is 2. The third-order valence-corrected chi connectivity index (χ3v) is 3.00. The van der Waals surface area contributed by atoms with Crippen LogP contribution < -0.4 is 5.32 Å². The quantitative estimate of drug-likeness (QED) is 0.534. The summed E-state index contributed by atoms with van der Waals surface area (Å²) in [5.41, 5.74) is 0. The third-order valence-electron chi connectivity index (χ3n) is 2.07. The topological polar surface area (TPSA) is 46.2 Å². The van der Waals surface area contributed by atoms with Crippen molar-refractivity contribution in [3.05, 3.63) is 0 Å². The van der Waals surface area contributed by atoms with Gasteiger partial charge in [0, 0.05) is 26.3 Å². The number of thiocarbonyl (C=S) groups is 2. The normalized spacial score (nSPS) is 9.62. The summed E-state index contributed by atoms with van der Waals surface area (Å²) >= 11 is 9.91. The van der Waals surface area contributed by atoms with Crippen molar-refractivity contribution in [2.75, 3.05) is 7.05 Å². The predicted molar refractivity (Wildman–Crippen MR) is 73.0 cm³/mol. The molecule has 0 atom stereocenters. The summed E-state index contributed by atoms with van der Waals surface area (Å²) in [7, 11) is 1.69. The van der Waals surface area contributed by atoms with Crippen molar-refractivity contribution < 1.29 is 9.59 Å². The Bertz CT molecular complexity index is 300. The van der Waals surface area contributed by atoms with Crippen molar-refractivity contribution in [3.63, 3.8) is 0 Å². The van der Waals surface area contributed by atoms with Crippen LogP contribution in [0.4, 0.5) is 0 Å². The van der Waals surface area contributed by atoms with Crippen molar-refractivity contribution >= 4 is 45.9 Å². The van der Waals surface area contributed by atoms with Crippen LogP contribution in [-0.2, 0) is 9.59 Å². The van der Waals surface area contributed by atoms with Crippen molar-refractivity contribution in [2.45, 2.75) is 39.0 Å². The van der Waals surface area contributed by atoms with Gasteiger partial charge in [-0.15, -0.1) is 0 Å². The molecule has 0 heterocycles. The van der Waals surface area contributed by atoms with Gasteiger partial charge < -0.3 is 10.1 Å². The van der Waals surface area contributed by atoms with E-state index in [0.717, 1.165) is 12.8 Å². The lowest BCUT2D eigenvalue weighted by atomic mass is 10.1. The smallest absolute Gasteiger partial charge is 0.138 e. The molecule has 1 N–H and O–H groups in total. The molecule has 16 heavy (non-hydrogen) atoms. The molecule has 0 aliphatic heterocycles. The number of Topliss-reactive ketones (excluding diaryl/α,β-unsaturated/α-hetero) is 2. The molecule has 0 aromatic heterocycles. The summed E-state index contributed by atoms with van der Waals surface area (Å²) in [6, 6.07) is 0. The van der Waals surface area contributed by atoms with Crippen LogP contribution in [0.15, 0.2) is 0 Å². The maximum Gasteiger partial charge on any atom is 0.138 e. The van der Waals surface area contributed by atoms with Crippen molar-refractivity contribution in [1.29, 1.82) is 0 Å². The average Bonchev–Trinajstić information content (AvgIpc) is 2.22. The fraction of sp³-hybridized carbons (Fsp3) is 0.636.